The second kappa shape index (κ2) is 14.2. The summed E-state index contributed by atoms with van der Waals surface area (Å²) in [6.07, 6.45) is 5.06. The van der Waals surface area contributed by atoms with E-state index < -0.39 is 25.0 Å². The molecule has 0 aliphatic carbocycles. The molecule has 230 valence electrons. The van der Waals surface area contributed by atoms with Gasteiger partial charge < -0.3 is 14.7 Å². The average molecular weight is 600 g/mol. The first-order valence-corrected chi connectivity index (χ1v) is 15.8. The Labute approximate surface area is 250 Å². The third-order valence-corrected chi connectivity index (χ3v) is 8.70. The van der Waals surface area contributed by atoms with Gasteiger partial charge in [-0.3, -0.25) is 13.6 Å². The highest BCUT2D eigenvalue weighted by atomic mass is 31.2. The first-order valence-electron chi connectivity index (χ1n) is 14.4. The van der Waals surface area contributed by atoms with E-state index in [2.05, 4.69) is 23.6 Å². The monoisotopic (exact) mass is 599 g/mol. The highest BCUT2D eigenvalue weighted by molar-refractivity contribution is 7.48. The highest BCUT2D eigenvalue weighted by Gasteiger charge is 2.38. The third-order valence-electron chi connectivity index (χ3n) is 6.74. The summed E-state index contributed by atoms with van der Waals surface area (Å²) < 4.78 is 37.5. The van der Waals surface area contributed by atoms with Crippen LogP contribution >= 0.6 is 7.82 Å². The number of carboxylic acid groups (broad SMARTS) is 1. The number of phosphoric ester groups is 1. The third kappa shape index (κ3) is 9.92. The van der Waals surface area contributed by atoms with Gasteiger partial charge in [0, 0.05) is 18.8 Å². The quantitative estimate of drug-likeness (QED) is 0.147. The topological polar surface area (TPSA) is 94.5 Å². The van der Waals surface area contributed by atoms with Crippen LogP contribution in [0.25, 0.3) is 5.57 Å². The van der Waals surface area contributed by atoms with Crippen LogP contribution in [0.3, 0.4) is 0 Å². The molecule has 8 nitrogen and oxygen atoms in total. The number of hydrogen-bond acceptors (Lipinski definition) is 7. The molecule has 0 saturated carbocycles. The van der Waals surface area contributed by atoms with Crippen molar-refractivity contribution in [1.82, 2.24) is 0 Å². The van der Waals surface area contributed by atoms with Gasteiger partial charge in [0.05, 0.1) is 22.9 Å². The summed E-state index contributed by atoms with van der Waals surface area (Å²) >= 11 is 0. The molecule has 9 heteroatoms. The predicted molar refractivity (Wildman–Crippen MR) is 168 cm³/mol. The lowest BCUT2D eigenvalue weighted by Crippen LogP contribution is -2.36. The fraction of sp³-hybridized carbons (Fsp3) is 0.485. The van der Waals surface area contributed by atoms with Crippen molar-refractivity contribution in [3.8, 4) is 0 Å². The smallest absolute Gasteiger partial charge is 0.477 e. The van der Waals surface area contributed by atoms with Gasteiger partial charge in [-0.1, -0.05) is 43.0 Å². The minimum absolute atomic E-state index is 0.146. The number of rotatable bonds is 12. The minimum Gasteiger partial charge on any atom is -0.478 e. The van der Waals surface area contributed by atoms with Crippen LogP contribution in [-0.2, 0) is 22.9 Å². The number of aromatic carboxylic acids is 1. The molecule has 1 atom stereocenters. The van der Waals surface area contributed by atoms with Crippen molar-refractivity contribution < 1.29 is 32.8 Å². The van der Waals surface area contributed by atoms with Gasteiger partial charge >= 0.3 is 13.8 Å². The summed E-state index contributed by atoms with van der Waals surface area (Å²) in [6, 6.07) is 15.1. The van der Waals surface area contributed by atoms with Gasteiger partial charge in [-0.15, -0.1) is 0 Å². The zero-order valence-corrected chi connectivity index (χ0v) is 26.9. The lowest BCUT2D eigenvalue weighted by atomic mass is 9.84. The van der Waals surface area contributed by atoms with Crippen molar-refractivity contribution in [2.75, 3.05) is 24.8 Å². The van der Waals surface area contributed by atoms with E-state index in [4.69, 9.17) is 18.3 Å². The van der Waals surface area contributed by atoms with Gasteiger partial charge in [0.1, 0.15) is 0 Å². The zero-order valence-electron chi connectivity index (χ0n) is 26.0. The molecule has 1 fully saturated rings. The largest absolute Gasteiger partial charge is 0.478 e. The number of ether oxygens (including phenoxy) is 1. The number of piperidine rings is 1. The van der Waals surface area contributed by atoms with E-state index in [-0.39, 0.29) is 24.4 Å². The molecule has 2 aromatic carbocycles. The molecule has 0 amide bonds. The van der Waals surface area contributed by atoms with E-state index in [1.807, 2.05) is 37.3 Å². The standard InChI is InChI=1S/C33H46NO7P/c1-9-12-24(2)28-13-10-11-14-29(28)30(38-23-39-42(37,40-32(3,4)5)41-33(6,7)8)25-19-21-34(22-20-25)27-17-15-26(16-18-27)31(35)36/h9-18,25,30H,1,19-23H2,2-8H3,(H,35,36). The number of carboxylic acids is 1. The molecule has 0 bridgehead atoms. The maximum atomic E-state index is 13.7. The Kier molecular flexibility index (Phi) is 11.4. The molecule has 2 aromatic rings. The van der Waals surface area contributed by atoms with Gasteiger partial charge in [0.15, 0.2) is 6.79 Å². The molecule has 42 heavy (non-hydrogen) atoms. The van der Waals surface area contributed by atoms with Crippen LogP contribution in [0.15, 0.2) is 67.3 Å². The Morgan fingerprint density at radius 2 is 1.60 bits per heavy atom. The number of benzene rings is 2. The molecule has 0 radical (unpaired) electrons. The van der Waals surface area contributed by atoms with Crippen LogP contribution < -0.4 is 4.90 Å². The second-order valence-electron chi connectivity index (χ2n) is 12.5. The van der Waals surface area contributed by atoms with Gasteiger partial charge in [0.25, 0.3) is 0 Å². The molecule has 0 spiro atoms. The summed E-state index contributed by atoms with van der Waals surface area (Å²) in [5, 5.41) is 9.24. The van der Waals surface area contributed by atoms with E-state index in [0.29, 0.717) is 0 Å². The molecule has 1 unspecified atom stereocenters. The van der Waals surface area contributed by atoms with Crippen molar-refractivity contribution >= 4 is 25.1 Å². The van der Waals surface area contributed by atoms with Crippen molar-refractivity contribution in [2.45, 2.75) is 78.6 Å². The van der Waals surface area contributed by atoms with Crippen LogP contribution in [0, 0.1) is 5.92 Å². The molecule has 1 aliphatic heterocycles. The minimum atomic E-state index is -3.95. The van der Waals surface area contributed by atoms with E-state index in [9.17, 15) is 14.5 Å². The number of allylic oxidation sites excluding steroid dienone is 3. The van der Waals surface area contributed by atoms with Crippen molar-refractivity contribution in [3.63, 3.8) is 0 Å². The van der Waals surface area contributed by atoms with Crippen LogP contribution in [0.5, 0.6) is 0 Å². The number of phosphoric acid groups is 1. The van der Waals surface area contributed by atoms with Crippen LogP contribution in [0.2, 0.25) is 0 Å². The van der Waals surface area contributed by atoms with Gasteiger partial charge in [-0.05, 0) is 108 Å². The Hall–Kier alpha value is -2.74. The lowest BCUT2D eigenvalue weighted by Gasteiger charge is -2.38. The number of hydrogen-bond donors (Lipinski definition) is 1. The Morgan fingerprint density at radius 3 is 2.12 bits per heavy atom. The van der Waals surface area contributed by atoms with E-state index in [1.54, 1.807) is 59.8 Å². The van der Waals surface area contributed by atoms with Gasteiger partial charge in [-0.2, -0.15) is 0 Å². The maximum absolute atomic E-state index is 13.7. The second-order valence-corrected chi connectivity index (χ2v) is 14.1. The first-order chi connectivity index (χ1) is 19.6. The van der Waals surface area contributed by atoms with Crippen LogP contribution in [0.1, 0.15) is 88.9 Å². The van der Waals surface area contributed by atoms with Gasteiger partial charge in [-0.25, -0.2) is 9.36 Å². The summed E-state index contributed by atoms with van der Waals surface area (Å²) in [6.45, 7) is 18.0. The fourth-order valence-electron chi connectivity index (χ4n) is 5.04. The molecule has 1 saturated heterocycles. The van der Waals surface area contributed by atoms with E-state index in [1.165, 1.54) is 0 Å². The molecule has 0 aromatic heterocycles. The fourth-order valence-corrected chi connectivity index (χ4v) is 6.71. The number of carbonyl (C=O) groups is 1. The molecule has 1 heterocycles. The normalized spacial score (nSPS) is 16.4. The van der Waals surface area contributed by atoms with E-state index in [0.717, 1.165) is 48.3 Å². The Bertz CT molecular complexity index is 1260. The molecule has 3 rings (SSSR count). The van der Waals surface area contributed by atoms with Crippen LogP contribution in [-0.4, -0.2) is 42.2 Å². The lowest BCUT2D eigenvalue weighted by molar-refractivity contribution is -0.0936. The number of nitrogens with zero attached hydrogens (tertiary/aromatic N) is 1. The summed E-state index contributed by atoms with van der Waals surface area (Å²) in [4.78, 5) is 13.5. The Balaban J connectivity index is 1.85. The highest BCUT2D eigenvalue weighted by Crippen LogP contribution is 2.55. The zero-order chi connectivity index (χ0) is 31.1. The van der Waals surface area contributed by atoms with Crippen molar-refractivity contribution in [1.29, 1.82) is 0 Å². The molecule has 1 aliphatic rings. The van der Waals surface area contributed by atoms with E-state index >= 15 is 0 Å². The van der Waals surface area contributed by atoms with Crippen molar-refractivity contribution in [3.05, 3.63) is 84.0 Å². The summed E-state index contributed by atoms with van der Waals surface area (Å²) in [7, 11) is -3.95. The molecular weight excluding hydrogens is 553 g/mol. The summed E-state index contributed by atoms with van der Waals surface area (Å²) in [5.41, 5.74) is 2.88. The average Bonchev–Trinajstić information content (AvgIpc) is 2.89. The maximum Gasteiger partial charge on any atom is 0.477 e. The Morgan fingerprint density at radius 1 is 1.02 bits per heavy atom. The first kappa shape index (κ1) is 33.8. The SMILES string of the molecule is C=CC=C(C)c1ccccc1C(OCOP(=O)(OC(C)(C)C)OC(C)(C)C)C1CCN(c2ccc(C(=O)O)cc2)CC1. The molecular formula is C33H46NO7P. The predicted octanol–water partition coefficient (Wildman–Crippen LogP) is 8.66. The van der Waals surface area contributed by atoms with Crippen molar-refractivity contribution in [2.24, 2.45) is 5.92 Å². The summed E-state index contributed by atoms with van der Waals surface area (Å²) in [5.74, 6) is -0.792. The van der Waals surface area contributed by atoms with Gasteiger partial charge in [0.2, 0.25) is 0 Å². The number of anilines is 1. The molecule has 1 N–H and O–H groups in total. The van der Waals surface area contributed by atoms with Crippen LogP contribution in [0.4, 0.5) is 5.69 Å².